The topological polar surface area (TPSA) is 68.2 Å². The highest BCUT2D eigenvalue weighted by atomic mass is 16.7. The van der Waals surface area contributed by atoms with Crippen molar-refractivity contribution in [2.24, 2.45) is 0 Å². The van der Waals surface area contributed by atoms with Gasteiger partial charge in [0.15, 0.2) is 17.6 Å². The average molecular weight is 369 g/mol. The molecule has 0 radical (unpaired) electrons. The van der Waals surface area contributed by atoms with E-state index in [1.807, 2.05) is 24.3 Å². The third kappa shape index (κ3) is 4.34. The minimum Gasteiger partial charge on any atom is -0.485 e. The number of rotatable bonds is 4. The fourth-order valence-corrected chi connectivity index (χ4v) is 3.61. The maximum Gasteiger partial charge on any atom is 0.506 e. The van der Waals surface area contributed by atoms with Crippen LogP contribution in [-0.4, -0.2) is 42.0 Å². The number of ether oxygens (including phenoxy) is 3. The molecule has 1 saturated heterocycles. The predicted molar refractivity (Wildman–Crippen MR) is 99.2 cm³/mol. The van der Waals surface area contributed by atoms with Gasteiger partial charge in [-0.3, -0.25) is 4.90 Å². The predicted octanol–water partition coefficient (Wildman–Crippen LogP) is 3.86. The molecular weight excluding hydrogens is 346 g/mol. The molecule has 0 spiro atoms. The van der Waals surface area contributed by atoms with E-state index in [2.05, 4.69) is 29.2 Å². The summed E-state index contributed by atoms with van der Waals surface area (Å²) in [5.41, 5.74) is 2.33. The Balaban J connectivity index is 1.32. The summed E-state index contributed by atoms with van der Waals surface area (Å²) in [5.74, 6) is 1.57. The lowest BCUT2D eigenvalue weighted by molar-refractivity contribution is 0.0185. The van der Waals surface area contributed by atoms with Crippen LogP contribution in [0.25, 0.3) is 0 Å². The van der Waals surface area contributed by atoms with Gasteiger partial charge in [-0.25, -0.2) is 4.79 Å². The molecule has 6 heteroatoms. The van der Waals surface area contributed by atoms with E-state index in [1.54, 1.807) is 0 Å². The van der Waals surface area contributed by atoms with Crippen molar-refractivity contribution in [3.63, 3.8) is 0 Å². The van der Waals surface area contributed by atoms with Crippen LogP contribution in [0, 0.1) is 0 Å². The van der Waals surface area contributed by atoms with Crippen molar-refractivity contribution in [2.45, 2.75) is 31.6 Å². The molecule has 0 saturated carbocycles. The normalized spacial score (nSPS) is 20.2. The molecule has 2 aliphatic rings. The first-order valence-electron chi connectivity index (χ1n) is 9.26. The molecule has 1 N–H and O–H groups in total. The van der Waals surface area contributed by atoms with E-state index in [4.69, 9.17) is 19.3 Å². The first-order valence-corrected chi connectivity index (χ1v) is 9.26. The molecule has 0 aromatic heterocycles. The number of carboxylic acid groups (broad SMARTS) is 1. The van der Waals surface area contributed by atoms with Gasteiger partial charge in [-0.2, -0.15) is 0 Å². The number of piperidine rings is 1. The van der Waals surface area contributed by atoms with Crippen molar-refractivity contribution in [3.8, 4) is 11.5 Å². The summed E-state index contributed by atoms with van der Waals surface area (Å²) in [6.45, 7) is 3.05. The Morgan fingerprint density at radius 2 is 1.78 bits per heavy atom. The van der Waals surface area contributed by atoms with Crippen LogP contribution in [0.1, 0.15) is 30.1 Å². The van der Waals surface area contributed by atoms with Crippen LogP contribution in [0.3, 0.4) is 0 Å². The fraction of sp³-hybridized carbons (Fsp3) is 0.381. The monoisotopic (exact) mass is 369 g/mol. The molecule has 27 heavy (non-hydrogen) atoms. The molecule has 2 aliphatic heterocycles. The van der Waals surface area contributed by atoms with E-state index < -0.39 is 6.16 Å². The van der Waals surface area contributed by atoms with Crippen LogP contribution in [0.4, 0.5) is 4.79 Å². The molecule has 0 bridgehead atoms. The number of likely N-dealkylation sites (tertiary alicyclic amines) is 1. The van der Waals surface area contributed by atoms with Gasteiger partial charge in [0.25, 0.3) is 0 Å². The van der Waals surface area contributed by atoms with Gasteiger partial charge in [-0.15, -0.1) is 0 Å². The minimum atomic E-state index is -1.18. The van der Waals surface area contributed by atoms with Crippen molar-refractivity contribution in [1.29, 1.82) is 0 Å². The number of fused-ring (bicyclic) bond motifs is 1. The minimum absolute atomic E-state index is 0.0992. The second-order valence-electron chi connectivity index (χ2n) is 6.97. The van der Waals surface area contributed by atoms with Crippen LogP contribution >= 0.6 is 0 Å². The highest BCUT2D eigenvalue weighted by Crippen LogP contribution is 2.35. The van der Waals surface area contributed by atoms with Crippen LogP contribution in [0.5, 0.6) is 11.5 Å². The van der Waals surface area contributed by atoms with Crippen molar-refractivity contribution >= 4 is 6.16 Å². The van der Waals surface area contributed by atoms with Crippen molar-refractivity contribution in [2.75, 3.05) is 19.7 Å². The zero-order chi connectivity index (χ0) is 18.6. The summed E-state index contributed by atoms with van der Waals surface area (Å²) in [4.78, 5) is 12.9. The summed E-state index contributed by atoms with van der Waals surface area (Å²) in [6, 6.07) is 16.2. The SMILES string of the molecule is O=C(O)OC1CCN(Cc2ccc([C@@H]3COc4ccccc4O3)cc2)CC1. The summed E-state index contributed by atoms with van der Waals surface area (Å²) in [5, 5.41) is 8.70. The second-order valence-corrected chi connectivity index (χ2v) is 6.97. The zero-order valence-corrected chi connectivity index (χ0v) is 15.0. The van der Waals surface area contributed by atoms with Crippen LogP contribution < -0.4 is 9.47 Å². The Morgan fingerprint density at radius 1 is 1.07 bits per heavy atom. The third-order valence-electron chi connectivity index (χ3n) is 5.07. The second kappa shape index (κ2) is 7.88. The highest BCUT2D eigenvalue weighted by Gasteiger charge is 2.23. The number of benzene rings is 2. The Labute approximate surface area is 158 Å². The quantitative estimate of drug-likeness (QED) is 0.826. The van der Waals surface area contributed by atoms with E-state index in [9.17, 15) is 4.79 Å². The Bertz CT molecular complexity index is 783. The lowest BCUT2D eigenvalue weighted by atomic mass is 10.0. The standard InChI is InChI=1S/C21H23NO5/c23-21(24)26-17-9-11-22(12-10-17)13-15-5-7-16(8-6-15)20-14-25-18-3-1-2-4-19(18)27-20/h1-8,17,20H,9-14H2,(H,23,24)/t20-/m0/s1. The highest BCUT2D eigenvalue weighted by molar-refractivity contribution is 5.57. The van der Waals surface area contributed by atoms with Gasteiger partial charge < -0.3 is 19.3 Å². The molecular formula is C21H23NO5. The zero-order valence-electron chi connectivity index (χ0n) is 15.0. The number of para-hydroxylation sites is 2. The molecule has 6 nitrogen and oxygen atoms in total. The molecule has 0 aliphatic carbocycles. The molecule has 1 fully saturated rings. The van der Waals surface area contributed by atoms with Crippen LogP contribution in [-0.2, 0) is 11.3 Å². The summed E-state index contributed by atoms with van der Waals surface area (Å²) < 4.78 is 16.7. The van der Waals surface area contributed by atoms with Gasteiger partial charge in [-0.1, -0.05) is 36.4 Å². The van der Waals surface area contributed by atoms with Gasteiger partial charge in [0, 0.05) is 19.6 Å². The molecule has 2 aromatic carbocycles. The van der Waals surface area contributed by atoms with Crippen molar-refractivity contribution in [3.05, 3.63) is 59.7 Å². The lowest BCUT2D eigenvalue weighted by Crippen LogP contribution is -2.37. The maximum absolute atomic E-state index is 10.6. The van der Waals surface area contributed by atoms with Gasteiger partial charge in [0.05, 0.1) is 0 Å². The molecule has 4 rings (SSSR count). The van der Waals surface area contributed by atoms with Gasteiger partial charge in [0.1, 0.15) is 12.7 Å². The summed E-state index contributed by atoms with van der Waals surface area (Å²) in [7, 11) is 0. The van der Waals surface area contributed by atoms with Crippen LogP contribution in [0.15, 0.2) is 48.5 Å². The van der Waals surface area contributed by atoms with E-state index in [0.717, 1.165) is 49.5 Å². The van der Waals surface area contributed by atoms with E-state index in [1.165, 1.54) is 5.56 Å². The van der Waals surface area contributed by atoms with Gasteiger partial charge in [0.2, 0.25) is 0 Å². The molecule has 0 amide bonds. The number of hydrogen-bond donors (Lipinski definition) is 1. The van der Waals surface area contributed by atoms with E-state index in [-0.39, 0.29) is 12.2 Å². The summed E-state index contributed by atoms with van der Waals surface area (Å²) >= 11 is 0. The Kier molecular flexibility index (Phi) is 5.16. The number of nitrogens with zero attached hydrogens (tertiary/aromatic N) is 1. The summed E-state index contributed by atoms with van der Waals surface area (Å²) in [6.07, 6.45) is 0.0413. The van der Waals surface area contributed by atoms with Gasteiger partial charge in [-0.05, 0) is 36.1 Å². The molecule has 2 aromatic rings. The fourth-order valence-electron chi connectivity index (χ4n) is 3.61. The van der Waals surface area contributed by atoms with E-state index >= 15 is 0 Å². The smallest absolute Gasteiger partial charge is 0.485 e. The van der Waals surface area contributed by atoms with E-state index in [0.29, 0.717) is 6.61 Å². The molecule has 2 heterocycles. The van der Waals surface area contributed by atoms with Crippen molar-refractivity contribution < 1.29 is 24.1 Å². The van der Waals surface area contributed by atoms with Gasteiger partial charge >= 0.3 is 6.16 Å². The first-order chi connectivity index (χ1) is 13.2. The maximum atomic E-state index is 10.6. The number of carbonyl (C=O) groups is 1. The molecule has 142 valence electrons. The first kappa shape index (κ1) is 17.7. The lowest BCUT2D eigenvalue weighted by Gasteiger charge is -2.31. The molecule has 1 atom stereocenters. The van der Waals surface area contributed by atoms with Crippen molar-refractivity contribution in [1.82, 2.24) is 4.90 Å². The average Bonchev–Trinajstić information content (AvgIpc) is 2.69. The molecule has 0 unspecified atom stereocenters. The van der Waals surface area contributed by atoms with Crippen LogP contribution in [0.2, 0.25) is 0 Å². The largest absolute Gasteiger partial charge is 0.506 e. The number of hydrogen-bond acceptors (Lipinski definition) is 5. The third-order valence-corrected chi connectivity index (χ3v) is 5.07. The Morgan fingerprint density at radius 3 is 2.48 bits per heavy atom. The Hall–Kier alpha value is -2.73.